The van der Waals surface area contributed by atoms with E-state index in [9.17, 15) is 14.9 Å². The summed E-state index contributed by atoms with van der Waals surface area (Å²) < 4.78 is 0. The van der Waals surface area contributed by atoms with E-state index in [-0.39, 0.29) is 11.6 Å². The second kappa shape index (κ2) is 4.64. The molecule has 1 aliphatic heterocycles. The Morgan fingerprint density at radius 1 is 1.56 bits per heavy atom. The Morgan fingerprint density at radius 3 is 2.78 bits per heavy atom. The topological polar surface area (TPSA) is 83.7 Å². The summed E-state index contributed by atoms with van der Waals surface area (Å²) in [5, 5.41) is 19.6. The number of carboxylic acids is 1. The molecule has 1 aromatic rings. The minimum Gasteiger partial charge on any atom is -0.481 e. The Balaban J connectivity index is 2.20. The van der Waals surface area contributed by atoms with E-state index in [1.54, 1.807) is 13.0 Å². The van der Waals surface area contributed by atoms with E-state index in [0.717, 1.165) is 11.3 Å². The number of hydrogen-bond donors (Lipinski definition) is 1. The van der Waals surface area contributed by atoms with E-state index in [1.807, 2.05) is 4.90 Å². The smallest absolute Gasteiger partial charge is 0.308 e. The first kappa shape index (κ1) is 12.3. The number of carbonyl (C=O) groups is 1. The third kappa shape index (κ3) is 2.27. The number of nitro groups is 1. The molecular formula is C12H14N2O4. The predicted molar refractivity (Wildman–Crippen MR) is 65.8 cm³/mol. The SMILES string of the molecule is Cc1cc([N+](=O)[O-])ccc1N1CCC(C(=O)O)C1. The summed E-state index contributed by atoms with van der Waals surface area (Å²) >= 11 is 0. The largest absolute Gasteiger partial charge is 0.481 e. The number of anilines is 1. The van der Waals surface area contributed by atoms with E-state index >= 15 is 0 Å². The number of rotatable bonds is 3. The van der Waals surface area contributed by atoms with E-state index in [1.165, 1.54) is 12.1 Å². The van der Waals surface area contributed by atoms with Crippen LogP contribution >= 0.6 is 0 Å². The van der Waals surface area contributed by atoms with Gasteiger partial charge < -0.3 is 10.0 Å². The van der Waals surface area contributed by atoms with Crippen LogP contribution in [0.25, 0.3) is 0 Å². The van der Waals surface area contributed by atoms with Gasteiger partial charge in [-0.1, -0.05) is 0 Å². The first-order valence-electron chi connectivity index (χ1n) is 5.72. The molecule has 1 unspecified atom stereocenters. The molecule has 1 saturated heterocycles. The first-order valence-corrected chi connectivity index (χ1v) is 5.72. The molecule has 0 radical (unpaired) electrons. The summed E-state index contributed by atoms with van der Waals surface area (Å²) in [6, 6.07) is 4.66. The molecular weight excluding hydrogens is 236 g/mol. The van der Waals surface area contributed by atoms with Crippen LogP contribution in [0.15, 0.2) is 18.2 Å². The molecule has 0 bridgehead atoms. The van der Waals surface area contributed by atoms with Gasteiger partial charge >= 0.3 is 5.97 Å². The standard InChI is InChI=1S/C12H14N2O4/c1-8-6-10(14(17)18)2-3-11(8)13-5-4-9(7-13)12(15)16/h2-3,6,9H,4-5,7H2,1H3,(H,15,16). The fraction of sp³-hybridized carbons (Fsp3) is 0.417. The summed E-state index contributed by atoms with van der Waals surface area (Å²) in [6.07, 6.45) is 0.617. The zero-order valence-electron chi connectivity index (χ0n) is 10.00. The fourth-order valence-electron chi connectivity index (χ4n) is 2.29. The summed E-state index contributed by atoms with van der Waals surface area (Å²) in [7, 11) is 0. The number of carboxylic acid groups (broad SMARTS) is 1. The van der Waals surface area contributed by atoms with Gasteiger partial charge in [-0.05, 0) is 25.0 Å². The van der Waals surface area contributed by atoms with Crippen molar-refractivity contribution in [3.63, 3.8) is 0 Å². The lowest BCUT2D eigenvalue weighted by Gasteiger charge is -2.20. The van der Waals surface area contributed by atoms with Crippen molar-refractivity contribution in [1.29, 1.82) is 0 Å². The van der Waals surface area contributed by atoms with Gasteiger partial charge in [-0.3, -0.25) is 14.9 Å². The van der Waals surface area contributed by atoms with Crippen molar-refractivity contribution < 1.29 is 14.8 Å². The number of hydrogen-bond acceptors (Lipinski definition) is 4. The van der Waals surface area contributed by atoms with E-state index in [4.69, 9.17) is 5.11 Å². The third-order valence-corrected chi connectivity index (χ3v) is 3.27. The number of aryl methyl sites for hydroxylation is 1. The summed E-state index contributed by atoms with van der Waals surface area (Å²) in [5.74, 6) is -1.13. The van der Waals surface area contributed by atoms with Gasteiger partial charge in [0.05, 0.1) is 10.8 Å². The van der Waals surface area contributed by atoms with Crippen LogP contribution in [0.2, 0.25) is 0 Å². The van der Waals surface area contributed by atoms with Gasteiger partial charge in [0.25, 0.3) is 5.69 Å². The number of aliphatic carboxylic acids is 1. The van der Waals surface area contributed by atoms with Crippen molar-refractivity contribution in [1.82, 2.24) is 0 Å². The Bertz CT molecular complexity index is 501. The molecule has 1 atom stereocenters. The average Bonchev–Trinajstić information content (AvgIpc) is 2.78. The van der Waals surface area contributed by atoms with Crippen LogP contribution in [-0.2, 0) is 4.79 Å². The highest BCUT2D eigenvalue weighted by molar-refractivity contribution is 5.72. The van der Waals surface area contributed by atoms with Crippen molar-refractivity contribution in [2.24, 2.45) is 5.92 Å². The number of nitro benzene ring substituents is 1. The van der Waals surface area contributed by atoms with E-state index in [2.05, 4.69) is 0 Å². The lowest BCUT2D eigenvalue weighted by molar-refractivity contribution is -0.384. The number of benzene rings is 1. The van der Waals surface area contributed by atoms with Gasteiger partial charge in [0, 0.05) is 30.9 Å². The fourth-order valence-corrected chi connectivity index (χ4v) is 2.29. The second-order valence-corrected chi connectivity index (χ2v) is 4.50. The molecule has 96 valence electrons. The van der Waals surface area contributed by atoms with Crippen molar-refractivity contribution in [3.8, 4) is 0 Å². The van der Waals surface area contributed by atoms with Crippen LogP contribution in [0.3, 0.4) is 0 Å². The zero-order chi connectivity index (χ0) is 13.3. The highest BCUT2D eigenvalue weighted by Gasteiger charge is 2.29. The normalized spacial score (nSPS) is 18.9. The highest BCUT2D eigenvalue weighted by Crippen LogP contribution is 2.29. The molecule has 0 amide bonds. The van der Waals surface area contributed by atoms with Crippen LogP contribution in [0.4, 0.5) is 11.4 Å². The average molecular weight is 250 g/mol. The molecule has 0 spiro atoms. The number of nitrogens with zero attached hydrogens (tertiary/aromatic N) is 2. The van der Waals surface area contributed by atoms with Crippen LogP contribution in [-0.4, -0.2) is 29.1 Å². The molecule has 6 heteroatoms. The van der Waals surface area contributed by atoms with E-state index in [0.29, 0.717) is 19.5 Å². The maximum atomic E-state index is 10.9. The predicted octanol–water partition coefficient (Wildman–Crippen LogP) is 1.81. The molecule has 6 nitrogen and oxygen atoms in total. The Kier molecular flexibility index (Phi) is 3.18. The molecule has 0 aliphatic carbocycles. The molecule has 2 rings (SSSR count). The summed E-state index contributed by atoms with van der Waals surface area (Å²) in [5.41, 5.74) is 1.74. The molecule has 1 aliphatic rings. The molecule has 0 saturated carbocycles. The van der Waals surface area contributed by atoms with Crippen LogP contribution < -0.4 is 4.90 Å². The van der Waals surface area contributed by atoms with Crippen LogP contribution in [0.1, 0.15) is 12.0 Å². The lowest BCUT2D eigenvalue weighted by Crippen LogP contribution is -2.23. The molecule has 18 heavy (non-hydrogen) atoms. The van der Waals surface area contributed by atoms with Crippen LogP contribution in [0.5, 0.6) is 0 Å². The summed E-state index contributed by atoms with van der Waals surface area (Å²) in [4.78, 5) is 23.1. The molecule has 0 aromatic heterocycles. The molecule has 1 aromatic carbocycles. The maximum Gasteiger partial charge on any atom is 0.308 e. The third-order valence-electron chi connectivity index (χ3n) is 3.27. The summed E-state index contributed by atoms with van der Waals surface area (Å²) in [6.45, 7) is 2.94. The van der Waals surface area contributed by atoms with Crippen molar-refractivity contribution in [2.45, 2.75) is 13.3 Å². The number of non-ortho nitro benzene ring substituents is 1. The Hall–Kier alpha value is -2.11. The van der Waals surface area contributed by atoms with Crippen molar-refractivity contribution in [3.05, 3.63) is 33.9 Å². The van der Waals surface area contributed by atoms with Gasteiger partial charge in [0.2, 0.25) is 0 Å². The van der Waals surface area contributed by atoms with Gasteiger partial charge in [0.15, 0.2) is 0 Å². The molecule has 1 heterocycles. The van der Waals surface area contributed by atoms with Gasteiger partial charge in [-0.25, -0.2) is 0 Å². The lowest BCUT2D eigenvalue weighted by atomic mass is 10.1. The second-order valence-electron chi connectivity index (χ2n) is 4.50. The minimum absolute atomic E-state index is 0.0604. The van der Waals surface area contributed by atoms with E-state index < -0.39 is 10.9 Å². The van der Waals surface area contributed by atoms with Gasteiger partial charge in [-0.15, -0.1) is 0 Å². The first-order chi connectivity index (χ1) is 8.49. The highest BCUT2D eigenvalue weighted by atomic mass is 16.6. The quantitative estimate of drug-likeness (QED) is 0.653. The minimum atomic E-state index is -0.780. The maximum absolute atomic E-state index is 10.9. The zero-order valence-corrected chi connectivity index (χ0v) is 10.00. The Labute approximate surface area is 104 Å². The Morgan fingerprint density at radius 2 is 2.28 bits per heavy atom. The monoisotopic (exact) mass is 250 g/mol. The molecule has 1 fully saturated rings. The molecule has 1 N–H and O–H groups in total. The van der Waals surface area contributed by atoms with Gasteiger partial charge in [-0.2, -0.15) is 0 Å². The van der Waals surface area contributed by atoms with Crippen molar-refractivity contribution >= 4 is 17.3 Å². The van der Waals surface area contributed by atoms with Crippen LogP contribution in [0, 0.1) is 23.0 Å². The van der Waals surface area contributed by atoms with Crippen molar-refractivity contribution in [2.75, 3.05) is 18.0 Å². The van der Waals surface area contributed by atoms with Gasteiger partial charge in [0.1, 0.15) is 0 Å².